The van der Waals surface area contributed by atoms with Crippen molar-refractivity contribution in [2.45, 2.75) is 13.0 Å². The molecule has 0 radical (unpaired) electrons. The molecule has 170 valence electrons. The first-order valence-corrected chi connectivity index (χ1v) is 11.2. The van der Waals surface area contributed by atoms with Crippen LogP contribution in [0.1, 0.15) is 16.8 Å². The van der Waals surface area contributed by atoms with E-state index in [1.165, 1.54) is 4.68 Å². The zero-order chi connectivity index (χ0) is 23.5. The summed E-state index contributed by atoms with van der Waals surface area (Å²) in [5, 5.41) is 25.4. The maximum Gasteiger partial charge on any atom is 0.291 e. The molecule has 0 aliphatic heterocycles. The molecule has 2 N–H and O–H groups in total. The fraction of sp³-hybridized carbons (Fsp3) is 0.120. The summed E-state index contributed by atoms with van der Waals surface area (Å²) in [6.07, 6.45) is 4.14. The number of pyridine rings is 1. The Kier molecular flexibility index (Phi) is 4.10. The summed E-state index contributed by atoms with van der Waals surface area (Å²) in [6, 6.07) is 15.8. The molecule has 0 fully saturated rings. The Morgan fingerprint density at radius 2 is 1.80 bits per heavy atom. The first kappa shape index (κ1) is 19.6. The number of aryl methyl sites for hydroxylation is 1. The second kappa shape index (κ2) is 7.32. The molecule has 0 bridgehead atoms. The van der Waals surface area contributed by atoms with Gasteiger partial charge in [0.15, 0.2) is 0 Å². The van der Waals surface area contributed by atoms with Crippen molar-refractivity contribution in [2.24, 2.45) is 7.05 Å². The number of nitrogens with zero attached hydrogens (tertiary/aromatic N) is 7. The average molecular weight is 461 g/mol. The number of para-hydroxylation sites is 1. The van der Waals surface area contributed by atoms with Crippen molar-refractivity contribution in [2.75, 3.05) is 0 Å². The maximum atomic E-state index is 13.5. The normalized spacial score (nSPS) is 11.9. The van der Waals surface area contributed by atoms with Crippen LogP contribution in [0.4, 0.5) is 0 Å². The topological polar surface area (TPSA) is 123 Å². The van der Waals surface area contributed by atoms with E-state index in [0.29, 0.717) is 18.5 Å². The molecule has 0 saturated heterocycles. The molecule has 0 aliphatic carbocycles. The standard InChI is InChI=1S/C25H19N9O/c1-33-23-19(12-27-34(25(23)35)13-15-5-3-6-20-18(15)11-26-29-20)17-9-8-16(28-24(17)33)10-14-4-2-7-21-22(14)31-32-30-21/h2-9,11-12H,10,13H2,1H3,(H,26,29)(H,30,31,32). The molecule has 0 aliphatic rings. The van der Waals surface area contributed by atoms with Crippen LogP contribution in [0, 0.1) is 0 Å². The third-order valence-electron chi connectivity index (χ3n) is 6.59. The van der Waals surface area contributed by atoms with Gasteiger partial charge in [-0.05, 0) is 35.4 Å². The Morgan fingerprint density at radius 1 is 0.914 bits per heavy atom. The molecular formula is C25H19N9O. The summed E-state index contributed by atoms with van der Waals surface area (Å²) in [4.78, 5) is 18.4. The largest absolute Gasteiger partial charge is 0.324 e. The summed E-state index contributed by atoms with van der Waals surface area (Å²) >= 11 is 0. The van der Waals surface area contributed by atoms with Gasteiger partial charge in [0.1, 0.15) is 22.2 Å². The predicted octanol–water partition coefficient (Wildman–Crippen LogP) is 3.07. The van der Waals surface area contributed by atoms with Gasteiger partial charge in [0.25, 0.3) is 5.56 Å². The van der Waals surface area contributed by atoms with Crippen LogP contribution in [0.15, 0.2) is 65.7 Å². The van der Waals surface area contributed by atoms with Gasteiger partial charge in [-0.3, -0.25) is 9.89 Å². The van der Waals surface area contributed by atoms with Crippen molar-refractivity contribution in [1.29, 1.82) is 0 Å². The number of rotatable bonds is 4. The van der Waals surface area contributed by atoms with Gasteiger partial charge in [0.05, 0.1) is 24.5 Å². The fourth-order valence-corrected chi connectivity index (χ4v) is 4.86. The molecule has 35 heavy (non-hydrogen) atoms. The van der Waals surface area contributed by atoms with E-state index in [-0.39, 0.29) is 5.56 Å². The Labute approximate surface area is 197 Å². The fourth-order valence-electron chi connectivity index (χ4n) is 4.86. The minimum Gasteiger partial charge on any atom is -0.324 e. The van der Waals surface area contributed by atoms with Crippen LogP contribution in [-0.4, -0.2) is 44.9 Å². The molecule has 7 rings (SSSR count). The summed E-state index contributed by atoms with van der Waals surface area (Å²) < 4.78 is 3.36. The second-order valence-corrected chi connectivity index (χ2v) is 8.64. The molecule has 0 unspecified atom stereocenters. The third kappa shape index (κ3) is 2.96. The number of aromatic amines is 2. The molecule has 5 heterocycles. The lowest BCUT2D eigenvalue weighted by Crippen LogP contribution is -2.24. The average Bonchev–Trinajstić information content (AvgIpc) is 3.60. The van der Waals surface area contributed by atoms with E-state index in [2.05, 4.69) is 30.7 Å². The quantitative estimate of drug-likeness (QED) is 0.415. The number of fused-ring (bicyclic) bond motifs is 5. The number of hydrogen-bond acceptors (Lipinski definition) is 6. The van der Waals surface area contributed by atoms with E-state index in [0.717, 1.165) is 55.2 Å². The number of H-pyrrole nitrogens is 2. The molecule has 2 aromatic carbocycles. The molecule has 0 atom stereocenters. The number of nitrogens with one attached hydrogen (secondary N) is 2. The van der Waals surface area contributed by atoms with Gasteiger partial charge in [-0.15, -0.1) is 0 Å². The highest BCUT2D eigenvalue weighted by Crippen LogP contribution is 2.26. The number of benzene rings is 2. The van der Waals surface area contributed by atoms with E-state index in [1.54, 1.807) is 12.4 Å². The molecule has 0 spiro atoms. The van der Waals surface area contributed by atoms with Gasteiger partial charge in [-0.2, -0.15) is 25.6 Å². The van der Waals surface area contributed by atoms with Gasteiger partial charge < -0.3 is 4.57 Å². The lowest BCUT2D eigenvalue weighted by Gasteiger charge is -2.06. The maximum absolute atomic E-state index is 13.5. The van der Waals surface area contributed by atoms with E-state index in [9.17, 15) is 4.79 Å². The van der Waals surface area contributed by atoms with Gasteiger partial charge in [-0.1, -0.05) is 24.3 Å². The lowest BCUT2D eigenvalue weighted by atomic mass is 10.1. The van der Waals surface area contributed by atoms with Gasteiger partial charge in [0.2, 0.25) is 0 Å². The molecule has 10 heteroatoms. The Bertz CT molecular complexity index is 1960. The van der Waals surface area contributed by atoms with E-state index in [1.807, 2.05) is 60.1 Å². The van der Waals surface area contributed by atoms with Crippen LogP contribution in [0.25, 0.3) is 43.9 Å². The molecule has 10 nitrogen and oxygen atoms in total. The van der Waals surface area contributed by atoms with Gasteiger partial charge in [-0.25, -0.2) is 9.67 Å². The number of aromatic nitrogens is 9. The molecule has 5 aromatic heterocycles. The van der Waals surface area contributed by atoms with Gasteiger partial charge >= 0.3 is 0 Å². The number of hydrogen-bond donors (Lipinski definition) is 2. The zero-order valence-corrected chi connectivity index (χ0v) is 18.7. The van der Waals surface area contributed by atoms with Gasteiger partial charge in [0, 0.05) is 35.3 Å². The smallest absolute Gasteiger partial charge is 0.291 e. The molecular weight excluding hydrogens is 442 g/mol. The monoisotopic (exact) mass is 461 g/mol. The Morgan fingerprint density at radius 3 is 2.74 bits per heavy atom. The first-order chi connectivity index (χ1) is 17.2. The first-order valence-electron chi connectivity index (χ1n) is 11.2. The summed E-state index contributed by atoms with van der Waals surface area (Å²) in [5.74, 6) is 0. The summed E-state index contributed by atoms with van der Waals surface area (Å²) in [5.41, 5.74) is 6.68. The highest BCUT2D eigenvalue weighted by molar-refractivity contribution is 6.05. The van der Waals surface area contributed by atoms with E-state index >= 15 is 0 Å². The molecule has 0 amide bonds. The summed E-state index contributed by atoms with van der Waals surface area (Å²) in [6.45, 7) is 0.355. The van der Waals surface area contributed by atoms with Crippen LogP contribution in [0.2, 0.25) is 0 Å². The van der Waals surface area contributed by atoms with Crippen LogP contribution in [-0.2, 0) is 20.0 Å². The van der Waals surface area contributed by atoms with E-state index in [4.69, 9.17) is 4.98 Å². The van der Waals surface area contributed by atoms with Crippen molar-refractivity contribution in [1.82, 2.24) is 44.9 Å². The minimum absolute atomic E-state index is 0.155. The van der Waals surface area contributed by atoms with Crippen molar-refractivity contribution >= 4 is 43.9 Å². The van der Waals surface area contributed by atoms with Crippen LogP contribution in [0.5, 0.6) is 0 Å². The van der Waals surface area contributed by atoms with Crippen molar-refractivity contribution in [3.63, 3.8) is 0 Å². The van der Waals surface area contributed by atoms with Crippen LogP contribution in [0.3, 0.4) is 0 Å². The highest BCUT2D eigenvalue weighted by atomic mass is 16.1. The van der Waals surface area contributed by atoms with Crippen LogP contribution < -0.4 is 5.56 Å². The SMILES string of the molecule is Cn1c2nc(Cc3cccc4n[nH]nc34)ccc2c2cnn(Cc3cccc4[nH]ncc34)c(=O)c21. The highest BCUT2D eigenvalue weighted by Gasteiger charge is 2.17. The Balaban J connectivity index is 1.32. The Hall–Kier alpha value is -4.86. The summed E-state index contributed by atoms with van der Waals surface area (Å²) in [7, 11) is 1.88. The lowest BCUT2D eigenvalue weighted by molar-refractivity contribution is 0.647. The van der Waals surface area contributed by atoms with Crippen LogP contribution >= 0.6 is 0 Å². The minimum atomic E-state index is -0.155. The molecule has 0 saturated carbocycles. The molecule has 7 aromatic rings. The van der Waals surface area contributed by atoms with Crippen molar-refractivity contribution in [3.05, 3.63) is 88.1 Å². The second-order valence-electron chi connectivity index (χ2n) is 8.64. The predicted molar refractivity (Wildman–Crippen MR) is 132 cm³/mol. The van der Waals surface area contributed by atoms with Crippen molar-refractivity contribution in [3.8, 4) is 0 Å². The van der Waals surface area contributed by atoms with E-state index < -0.39 is 0 Å². The third-order valence-corrected chi connectivity index (χ3v) is 6.59. The van der Waals surface area contributed by atoms with Crippen molar-refractivity contribution < 1.29 is 0 Å². The zero-order valence-electron chi connectivity index (χ0n) is 18.7.